The van der Waals surface area contributed by atoms with Crippen molar-refractivity contribution in [1.29, 1.82) is 0 Å². The molecular formula is C15H15Cl2NO2. The van der Waals surface area contributed by atoms with Crippen LogP contribution < -0.4 is 15.2 Å². The van der Waals surface area contributed by atoms with Crippen molar-refractivity contribution in [1.82, 2.24) is 0 Å². The minimum atomic E-state index is 0.321. The maximum absolute atomic E-state index is 6.06. The summed E-state index contributed by atoms with van der Waals surface area (Å²) < 4.78 is 11.2. The highest BCUT2D eigenvalue weighted by atomic mass is 35.5. The first-order chi connectivity index (χ1) is 9.60. The Labute approximate surface area is 128 Å². The molecule has 2 N–H and O–H groups in total. The number of benzene rings is 2. The van der Waals surface area contributed by atoms with Gasteiger partial charge in [0.05, 0.1) is 11.6 Å². The van der Waals surface area contributed by atoms with Gasteiger partial charge in [0.25, 0.3) is 0 Å². The molecule has 3 nitrogen and oxygen atoms in total. The number of hydrogen-bond donors (Lipinski definition) is 1. The van der Waals surface area contributed by atoms with Crippen LogP contribution in [0.3, 0.4) is 0 Å². The van der Waals surface area contributed by atoms with Gasteiger partial charge in [0.2, 0.25) is 0 Å². The molecule has 0 aliphatic rings. The molecule has 2 aromatic rings. The standard InChI is InChI=1S/C15H15Cl2NO2/c1-2-19-14-6-4-12(18)7-10(14)9-20-15-5-3-11(16)8-13(15)17/h3-8H,2,9,18H2,1H3. The number of nitrogens with two attached hydrogens (primary N) is 1. The summed E-state index contributed by atoms with van der Waals surface area (Å²) in [6, 6.07) is 10.6. The second kappa shape index (κ2) is 6.73. The molecular weight excluding hydrogens is 297 g/mol. The third-order valence-electron chi connectivity index (χ3n) is 2.66. The van der Waals surface area contributed by atoms with Crippen LogP contribution in [0.15, 0.2) is 36.4 Å². The molecule has 2 rings (SSSR count). The quantitative estimate of drug-likeness (QED) is 0.824. The molecule has 20 heavy (non-hydrogen) atoms. The predicted octanol–water partition coefficient (Wildman–Crippen LogP) is 4.55. The topological polar surface area (TPSA) is 44.5 Å². The van der Waals surface area contributed by atoms with Gasteiger partial charge in [-0.2, -0.15) is 0 Å². The molecule has 0 unspecified atom stereocenters. The van der Waals surface area contributed by atoms with E-state index in [1.165, 1.54) is 0 Å². The van der Waals surface area contributed by atoms with Gasteiger partial charge < -0.3 is 15.2 Å². The first kappa shape index (κ1) is 14.8. The Kier molecular flexibility index (Phi) is 4.99. The molecule has 106 valence electrons. The molecule has 0 heterocycles. The van der Waals surface area contributed by atoms with E-state index in [-0.39, 0.29) is 0 Å². The van der Waals surface area contributed by atoms with Crippen molar-refractivity contribution in [2.75, 3.05) is 12.3 Å². The Morgan fingerprint density at radius 1 is 1.00 bits per heavy atom. The van der Waals surface area contributed by atoms with Crippen LogP contribution in [0, 0.1) is 0 Å². The van der Waals surface area contributed by atoms with E-state index in [0.29, 0.717) is 34.7 Å². The van der Waals surface area contributed by atoms with Crippen molar-refractivity contribution < 1.29 is 9.47 Å². The lowest BCUT2D eigenvalue weighted by atomic mass is 10.2. The first-order valence-electron chi connectivity index (χ1n) is 6.19. The van der Waals surface area contributed by atoms with E-state index in [1.807, 2.05) is 19.1 Å². The molecule has 5 heteroatoms. The zero-order chi connectivity index (χ0) is 14.5. The fourth-order valence-corrected chi connectivity index (χ4v) is 2.22. The average Bonchev–Trinajstić information content (AvgIpc) is 2.41. The first-order valence-corrected chi connectivity index (χ1v) is 6.94. The maximum atomic E-state index is 6.06. The van der Waals surface area contributed by atoms with Gasteiger partial charge in [-0.15, -0.1) is 0 Å². The van der Waals surface area contributed by atoms with Crippen LogP contribution in [0.5, 0.6) is 11.5 Å². The molecule has 0 spiro atoms. The van der Waals surface area contributed by atoms with Crippen LogP contribution in [-0.2, 0) is 6.61 Å². The monoisotopic (exact) mass is 311 g/mol. The third-order valence-corrected chi connectivity index (χ3v) is 3.19. The summed E-state index contributed by atoms with van der Waals surface area (Å²) >= 11 is 11.9. The van der Waals surface area contributed by atoms with Crippen LogP contribution in [0.1, 0.15) is 12.5 Å². The molecule has 0 aliphatic heterocycles. The van der Waals surface area contributed by atoms with Crippen LogP contribution in [-0.4, -0.2) is 6.61 Å². The van der Waals surface area contributed by atoms with Gasteiger partial charge >= 0.3 is 0 Å². The lowest BCUT2D eigenvalue weighted by molar-refractivity contribution is 0.286. The van der Waals surface area contributed by atoms with Gasteiger partial charge in [0.15, 0.2) is 0 Å². The van der Waals surface area contributed by atoms with Gasteiger partial charge in [-0.05, 0) is 43.3 Å². The number of anilines is 1. The molecule has 0 fully saturated rings. The van der Waals surface area contributed by atoms with Crippen molar-refractivity contribution in [3.8, 4) is 11.5 Å². The lowest BCUT2D eigenvalue weighted by Crippen LogP contribution is -2.02. The SMILES string of the molecule is CCOc1ccc(N)cc1COc1ccc(Cl)cc1Cl. The lowest BCUT2D eigenvalue weighted by Gasteiger charge is -2.13. The minimum absolute atomic E-state index is 0.321. The van der Waals surface area contributed by atoms with E-state index in [1.54, 1.807) is 24.3 Å². The van der Waals surface area contributed by atoms with Gasteiger partial charge in [-0.25, -0.2) is 0 Å². The minimum Gasteiger partial charge on any atom is -0.493 e. The van der Waals surface area contributed by atoms with Gasteiger partial charge in [-0.1, -0.05) is 23.2 Å². The van der Waals surface area contributed by atoms with E-state index in [0.717, 1.165) is 11.3 Å². The maximum Gasteiger partial charge on any atom is 0.138 e. The van der Waals surface area contributed by atoms with E-state index >= 15 is 0 Å². The second-order valence-corrected chi connectivity index (χ2v) is 5.01. The van der Waals surface area contributed by atoms with Crippen molar-refractivity contribution in [3.63, 3.8) is 0 Å². The number of rotatable bonds is 5. The molecule has 0 radical (unpaired) electrons. The Balaban J connectivity index is 2.15. The molecule has 0 saturated heterocycles. The smallest absolute Gasteiger partial charge is 0.138 e. The second-order valence-electron chi connectivity index (χ2n) is 4.16. The normalized spacial score (nSPS) is 10.3. The Hall–Kier alpha value is -1.58. The number of halogens is 2. The van der Waals surface area contributed by atoms with Crippen molar-refractivity contribution in [2.45, 2.75) is 13.5 Å². The molecule has 0 saturated carbocycles. The summed E-state index contributed by atoms with van der Waals surface area (Å²) in [5, 5.41) is 1.04. The summed E-state index contributed by atoms with van der Waals surface area (Å²) in [5.74, 6) is 1.33. The highest BCUT2D eigenvalue weighted by Gasteiger charge is 2.07. The number of nitrogen functional groups attached to an aromatic ring is 1. The number of hydrogen-bond acceptors (Lipinski definition) is 3. The Morgan fingerprint density at radius 2 is 1.75 bits per heavy atom. The summed E-state index contributed by atoms with van der Waals surface area (Å²) in [5.41, 5.74) is 7.32. The van der Waals surface area contributed by atoms with Crippen molar-refractivity contribution >= 4 is 28.9 Å². The molecule has 2 aromatic carbocycles. The van der Waals surface area contributed by atoms with E-state index in [9.17, 15) is 0 Å². The van der Waals surface area contributed by atoms with Crippen molar-refractivity contribution in [3.05, 3.63) is 52.0 Å². The van der Waals surface area contributed by atoms with Crippen molar-refractivity contribution in [2.24, 2.45) is 0 Å². The zero-order valence-corrected chi connectivity index (χ0v) is 12.5. The van der Waals surface area contributed by atoms with Crippen LogP contribution in [0.4, 0.5) is 5.69 Å². The third kappa shape index (κ3) is 3.71. The zero-order valence-electron chi connectivity index (χ0n) is 11.0. The summed E-state index contributed by atoms with van der Waals surface area (Å²) in [7, 11) is 0. The molecule has 0 aliphatic carbocycles. The van der Waals surface area contributed by atoms with Crippen LogP contribution in [0.2, 0.25) is 10.0 Å². The fraction of sp³-hybridized carbons (Fsp3) is 0.200. The van der Waals surface area contributed by atoms with Gasteiger partial charge in [0.1, 0.15) is 18.1 Å². The molecule has 0 atom stereocenters. The molecule has 0 amide bonds. The fourth-order valence-electron chi connectivity index (χ4n) is 1.76. The molecule has 0 aromatic heterocycles. The van der Waals surface area contributed by atoms with Crippen LogP contribution in [0.25, 0.3) is 0 Å². The Bertz CT molecular complexity index is 602. The van der Waals surface area contributed by atoms with E-state index < -0.39 is 0 Å². The predicted molar refractivity (Wildman–Crippen MR) is 82.8 cm³/mol. The summed E-state index contributed by atoms with van der Waals surface area (Å²) in [6.07, 6.45) is 0. The molecule has 0 bridgehead atoms. The van der Waals surface area contributed by atoms with Gasteiger partial charge in [0, 0.05) is 16.3 Å². The number of ether oxygens (including phenoxy) is 2. The van der Waals surface area contributed by atoms with E-state index in [4.69, 9.17) is 38.4 Å². The summed E-state index contributed by atoms with van der Waals surface area (Å²) in [4.78, 5) is 0. The highest BCUT2D eigenvalue weighted by Crippen LogP contribution is 2.29. The highest BCUT2D eigenvalue weighted by molar-refractivity contribution is 6.35. The van der Waals surface area contributed by atoms with Gasteiger partial charge in [-0.3, -0.25) is 0 Å². The largest absolute Gasteiger partial charge is 0.493 e. The Morgan fingerprint density at radius 3 is 2.45 bits per heavy atom. The average molecular weight is 312 g/mol. The van der Waals surface area contributed by atoms with Crippen LogP contribution >= 0.6 is 23.2 Å². The van der Waals surface area contributed by atoms with E-state index in [2.05, 4.69) is 0 Å². The summed E-state index contributed by atoms with van der Waals surface area (Å²) in [6.45, 7) is 2.83.